The molecule has 5 heteroatoms. The van der Waals surface area contributed by atoms with Gasteiger partial charge in [0.2, 0.25) is 0 Å². The molecule has 1 unspecified atom stereocenters. The summed E-state index contributed by atoms with van der Waals surface area (Å²) in [6.45, 7) is 2.54. The summed E-state index contributed by atoms with van der Waals surface area (Å²) in [6.07, 6.45) is 3.98. The van der Waals surface area contributed by atoms with Crippen LogP contribution >= 0.6 is 11.3 Å². The molecule has 0 amide bonds. The van der Waals surface area contributed by atoms with Gasteiger partial charge in [0.1, 0.15) is 5.41 Å². The molecule has 0 radical (unpaired) electrons. The molecule has 0 spiro atoms. The largest absolute Gasteiger partial charge is 0.481 e. The van der Waals surface area contributed by atoms with Gasteiger partial charge < -0.3 is 9.84 Å². The molecule has 1 aliphatic heterocycles. The molecule has 3 rings (SSSR count). The van der Waals surface area contributed by atoms with Crippen LogP contribution in [0.25, 0.3) is 0 Å². The van der Waals surface area contributed by atoms with E-state index in [1.54, 1.807) is 11.3 Å². The van der Waals surface area contributed by atoms with Gasteiger partial charge in [-0.15, -0.1) is 11.3 Å². The van der Waals surface area contributed by atoms with Crippen LogP contribution in [0, 0.1) is 5.41 Å². The van der Waals surface area contributed by atoms with Crippen molar-refractivity contribution in [3.8, 4) is 0 Å². The Hall–Kier alpha value is -0.910. The SMILES string of the molecule is O=C(O)C1(CN(Cc2cccs2)C2CC2)CCCOC1. The number of carbonyl (C=O) groups is 1. The van der Waals surface area contributed by atoms with E-state index in [0.717, 1.165) is 19.4 Å². The summed E-state index contributed by atoms with van der Waals surface area (Å²) in [4.78, 5) is 15.4. The van der Waals surface area contributed by atoms with Crippen LogP contribution in [0.4, 0.5) is 0 Å². The highest BCUT2D eigenvalue weighted by Crippen LogP contribution is 2.36. The Morgan fingerprint density at radius 2 is 2.40 bits per heavy atom. The Kier molecular flexibility index (Phi) is 4.10. The topological polar surface area (TPSA) is 49.8 Å². The van der Waals surface area contributed by atoms with E-state index in [4.69, 9.17) is 4.74 Å². The molecule has 20 heavy (non-hydrogen) atoms. The highest BCUT2D eigenvalue weighted by Gasteiger charge is 2.44. The van der Waals surface area contributed by atoms with Gasteiger partial charge in [-0.25, -0.2) is 0 Å². The van der Waals surface area contributed by atoms with Crippen LogP contribution in [0.2, 0.25) is 0 Å². The molecule has 1 saturated carbocycles. The number of ether oxygens (including phenoxy) is 1. The highest BCUT2D eigenvalue weighted by atomic mass is 32.1. The number of hydrogen-bond acceptors (Lipinski definition) is 4. The number of carboxylic acids is 1. The van der Waals surface area contributed by atoms with Crippen molar-refractivity contribution in [3.05, 3.63) is 22.4 Å². The first-order valence-electron chi connectivity index (χ1n) is 7.27. The Balaban J connectivity index is 1.72. The van der Waals surface area contributed by atoms with Gasteiger partial charge in [0.25, 0.3) is 0 Å². The van der Waals surface area contributed by atoms with Gasteiger partial charge in [0, 0.05) is 30.6 Å². The third kappa shape index (κ3) is 3.05. The molecule has 1 saturated heterocycles. The smallest absolute Gasteiger partial charge is 0.313 e. The lowest BCUT2D eigenvalue weighted by Gasteiger charge is -2.37. The molecule has 1 aliphatic carbocycles. The monoisotopic (exact) mass is 295 g/mol. The number of carboxylic acid groups (broad SMARTS) is 1. The second-order valence-electron chi connectivity index (χ2n) is 5.96. The summed E-state index contributed by atoms with van der Waals surface area (Å²) >= 11 is 1.75. The average molecular weight is 295 g/mol. The van der Waals surface area contributed by atoms with Crippen molar-refractivity contribution in [1.29, 1.82) is 0 Å². The molecule has 2 aliphatic rings. The molecule has 1 aromatic heterocycles. The molecule has 1 atom stereocenters. The number of aliphatic carboxylic acids is 1. The predicted molar refractivity (Wildman–Crippen MR) is 77.9 cm³/mol. The van der Waals surface area contributed by atoms with Crippen LogP contribution in [0.15, 0.2) is 17.5 Å². The molecule has 1 N–H and O–H groups in total. The lowest BCUT2D eigenvalue weighted by molar-refractivity contribution is -0.159. The second kappa shape index (κ2) is 5.84. The van der Waals surface area contributed by atoms with Gasteiger partial charge in [-0.1, -0.05) is 6.07 Å². The van der Waals surface area contributed by atoms with Crippen LogP contribution < -0.4 is 0 Å². The molecule has 1 aromatic rings. The zero-order chi connectivity index (χ0) is 14.0. The first kappa shape index (κ1) is 14.0. The van der Waals surface area contributed by atoms with Crippen molar-refractivity contribution in [1.82, 2.24) is 4.90 Å². The first-order chi connectivity index (χ1) is 9.70. The number of thiophene rings is 1. The van der Waals surface area contributed by atoms with Crippen LogP contribution in [-0.2, 0) is 16.1 Å². The van der Waals surface area contributed by atoms with E-state index in [1.807, 2.05) is 0 Å². The Labute approximate surface area is 123 Å². The number of rotatable bonds is 6. The molecule has 2 fully saturated rings. The van der Waals surface area contributed by atoms with E-state index < -0.39 is 11.4 Å². The summed E-state index contributed by atoms with van der Waals surface area (Å²) in [5.41, 5.74) is -0.710. The van der Waals surface area contributed by atoms with E-state index in [9.17, 15) is 9.90 Å². The minimum atomic E-state index is -0.710. The summed E-state index contributed by atoms with van der Waals surface area (Å²) in [5.74, 6) is -0.700. The van der Waals surface area contributed by atoms with E-state index in [2.05, 4.69) is 22.4 Å². The fourth-order valence-corrected chi connectivity index (χ4v) is 3.69. The summed E-state index contributed by atoms with van der Waals surface area (Å²) < 4.78 is 5.48. The molecule has 110 valence electrons. The van der Waals surface area contributed by atoms with Crippen LogP contribution in [-0.4, -0.2) is 41.8 Å². The maximum Gasteiger partial charge on any atom is 0.313 e. The maximum atomic E-state index is 11.8. The minimum absolute atomic E-state index is 0.357. The molecule has 2 heterocycles. The fraction of sp³-hybridized carbons (Fsp3) is 0.667. The van der Waals surface area contributed by atoms with Crippen molar-refractivity contribution in [2.24, 2.45) is 5.41 Å². The molecule has 0 bridgehead atoms. The molecular formula is C15H21NO3S. The second-order valence-corrected chi connectivity index (χ2v) is 6.99. The summed E-state index contributed by atoms with van der Waals surface area (Å²) in [5, 5.41) is 11.7. The standard InChI is InChI=1S/C15H21NO3S/c17-14(18)15(6-2-7-19-11-15)10-16(12-4-5-12)9-13-3-1-8-20-13/h1,3,8,12H,2,4-7,9-11H2,(H,17,18). The normalized spacial score (nSPS) is 26.9. The molecular weight excluding hydrogens is 274 g/mol. The van der Waals surface area contributed by atoms with Gasteiger partial charge in [-0.2, -0.15) is 0 Å². The third-order valence-electron chi connectivity index (χ3n) is 4.28. The van der Waals surface area contributed by atoms with Crippen molar-refractivity contribution in [2.75, 3.05) is 19.8 Å². The van der Waals surface area contributed by atoms with Gasteiger partial charge in [0.05, 0.1) is 6.61 Å². The van der Waals surface area contributed by atoms with E-state index >= 15 is 0 Å². The minimum Gasteiger partial charge on any atom is -0.481 e. The Morgan fingerprint density at radius 1 is 1.55 bits per heavy atom. The van der Waals surface area contributed by atoms with Crippen LogP contribution in [0.5, 0.6) is 0 Å². The molecule has 0 aromatic carbocycles. The Morgan fingerprint density at radius 3 is 2.95 bits per heavy atom. The molecule has 4 nitrogen and oxygen atoms in total. The van der Waals surface area contributed by atoms with E-state index in [0.29, 0.717) is 25.8 Å². The lowest BCUT2D eigenvalue weighted by Crippen LogP contribution is -2.48. The number of nitrogens with zero attached hydrogens (tertiary/aromatic N) is 1. The van der Waals surface area contributed by atoms with Crippen LogP contribution in [0.3, 0.4) is 0 Å². The zero-order valence-electron chi connectivity index (χ0n) is 11.6. The maximum absolute atomic E-state index is 11.8. The first-order valence-corrected chi connectivity index (χ1v) is 8.15. The summed E-state index contributed by atoms with van der Waals surface area (Å²) in [6, 6.07) is 4.75. The highest BCUT2D eigenvalue weighted by molar-refractivity contribution is 7.09. The van der Waals surface area contributed by atoms with Gasteiger partial charge in [0.15, 0.2) is 0 Å². The van der Waals surface area contributed by atoms with E-state index in [1.165, 1.54) is 17.7 Å². The Bertz CT molecular complexity index is 450. The van der Waals surface area contributed by atoms with Crippen molar-refractivity contribution in [3.63, 3.8) is 0 Å². The number of hydrogen-bond donors (Lipinski definition) is 1. The van der Waals surface area contributed by atoms with Gasteiger partial charge in [-0.05, 0) is 37.1 Å². The quantitative estimate of drug-likeness (QED) is 0.876. The third-order valence-corrected chi connectivity index (χ3v) is 5.15. The van der Waals surface area contributed by atoms with Crippen LogP contribution in [0.1, 0.15) is 30.6 Å². The average Bonchev–Trinajstić information content (AvgIpc) is 3.18. The van der Waals surface area contributed by atoms with E-state index in [-0.39, 0.29) is 0 Å². The summed E-state index contributed by atoms with van der Waals surface area (Å²) in [7, 11) is 0. The van der Waals surface area contributed by atoms with Gasteiger partial charge in [-0.3, -0.25) is 9.69 Å². The fourth-order valence-electron chi connectivity index (χ4n) is 2.96. The van der Waals surface area contributed by atoms with Crippen molar-refractivity contribution >= 4 is 17.3 Å². The van der Waals surface area contributed by atoms with Crippen molar-refractivity contribution < 1.29 is 14.6 Å². The van der Waals surface area contributed by atoms with Crippen molar-refractivity contribution in [2.45, 2.75) is 38.3 Å². The zero-order valence-corrected chi connectivity index (χ0v) is 12.4. The van der Waals surface area contributed by atoms with Gasteiger partial charge >= 0.3 is 5.97 Å². The predicted octanol–water partition coefficient (Wildman–Crippen LogP) is 2.59. The lowest BCUT2D eigenvalue weighted by atomic mass is 9.82.